The summed E-state index contributed by atoms with van der Waals surface area (Å²) in [5, 5.41) is 89.9. The number of thiocarbonyl (C=S) groups is 2. The number of phenols is 9. The van der Waals surface area contributed by atoms with Gasteiger partial charge < -0.3 is 57.2 Å². The van der Waals surface area contributed by atoms with E-state index in [9.17, 15) is 40.2 Å². The Morgan fingerprint density at radius 2 is 1.04 bits per heavy atom. The van der Waals surface area contributed by atoms with Gasteiger partial charge in [-0.25, -0.2) is 9.67 Å². The molecule has 0 fully saturated rings. The van der Waals surface area contributed by atoms with Gasteiger partial charge in [0.2, 0.25) is 22.0 Å². The van der Waals surface area contributed by atoms with Gasteiger partial charge in [0.05, 0.1) is 35.6 Å². The van der Waals surface area contributed by atoms with Gasteiger partial charge in [-0.2, -0.15) is 5.10 Å². The summed E-state index contributed by atoms with van der Waals surface area (Å²) in [5.41, 5.74) is 10.00. The third kappa shape index (κ3) is 21.6. The van der Waals surface area contributed by atoms with Gasteiger partial charge in [-0.05, 0) is 73.5 Å². The van der Waals surface area contributed by atoms with Gasteiger partial charge >= 0.3 is 0 Å². The maximum atomic E-state index is 10.1. The number of halogens is 2. The summed E-state index contributed by atoms with van der Waals surface area (Å²) in [6, 6.07) is 37.4. The van der Waals surface area contributed by atoms with Gasteiger partial charge in [-0.15, -0.1) is 35.3 Å². The third-order valence-electron chi connectivity index (χ3n) is 9.16. The summed E-state index contributed by atoms with van der Waals surface area (Å²) in [6.07, 6.45) is 4.70. The van der Waals surface area contributed by atoms with E-state index in [-0.39, 0.29) is 52.2 Å². The molecule has 0 atom stereocenters. The maximum absolute atomic E-state index is 10.1. The molecule has 0 spiro atoms. The number of Topliss-reactive ketones (excluding diaryl/α,β-unsaturated/α-hetero) is 1. The number of nitrogens with zero attached hydrogens (tertiary/aromatic N) is 4. The Balaban J connectivity index is 0.000000497. The molecule has 0 radical (unpaired) electrons. The smallest absolute Gasteiger partial charge is 0.211 e. The van der Waals surface area contributed by atoms with Crippen LogP contribution in [0.25, 0.3) is 0 Å². The Labute approximate surface area is 452 Å². The second kappa shape index (κ2) is 33.9. The predicted octanol–water partition coefficient (Wildman–Crippen LogP) is 8.51. The largest absolute Gasteiger partial charge is 0.504 e. The van der Waals surface area contributed by atoms with E-state index in [1.165, 1.54) is 66.6 Å². The average Bonchev–Trinajstić information content (AvgIpc) is 3.73. The first-order valence-corrected chi connectivity index (χ1v) is 23.5. The summed E-state index contributed by atoms with van der Waals surface area (Å²) in [6.45, 7) is 4.20. The quantitative estimate of drug-likeness (QED) is 0.0170. The van der Waals surface area contributed by atoms with Crippen LogP contribution in [-0.4, -0.2) is 109 Å². The zero-order valence-corrected chi connectivity index (χ0v) is 43.7. The number of alkyl halides is 1. The molecule has 0 bridgehead atoms. The number of phenolic OH excluding ortho intramolecular Hbond substituents is 9. The van der Waals surface area contributed by atoms with Crippen molar-refractivity contribution in [3.63, 3.8) is 0 Å². The predicted molar refractivity (Wildman–Crippen MR) is 301 cm³/mol. The summed E-state index contributed by atoms with van der Waals surface area (Å²) < 4.78 is 1.64. The van der Waals surface area contributed by atoms with Crippen LogP contribution < -0.4 is 10.5 Å². The number of benzene rings is 6. The molecule has 392 valence electrons. The normalized spacial score (nSPS) is 10.4. The lowest BCUT2D eigenvalue weighted by molar-refractivity contribution is -0.114. The molecule has 1 aromatic heterocycles. The zero-order valence-electron chi connectivity index (χ0n) is 39.7. The molecule has 7 rings (SSSR count). The van der Waals surface area contributed by atoms with E-state index >= 15 is 0 Å². The van der Waals surface area contributed by atoms with Crippen molar-refractivity contribution in [3.8, 4) is 51.7 Å². The topological polar surface area (TPSA) is 316 Å². The van der Waals surface area contributed by atoms with E-state index in [4.69, 9.17) is 57.1 Å². The molecule has 0 aliphatic carbocycles. The first kappa shape index (κ1) is 64.3. The van der Waals surface area contributed by atoms with Crippen LogP contribution in [-0.2, 0) is 17.6 Å². The van der Waals surface area contributed by atoms with E-state index in [0.29, 0.717) is 36.2 Å². The molecule has 6 aromatic carbocycles. The Hall–Kier alpha value is -7.69. The number of aromatic nitrogens is 1. The zero-order chi connectivity index (χ0) is 53.2. The number of carbonyl (C=O) groups excluding carboxylic acids is 2. The SMILES string of the molecule is CC(=O)CCl.Cc1csc(=Nc2ccccc2)n1/N=C/c1ccc(O)c(O)c1O.Cl.NCC(=S)Cc1ccccc1.O.O=Cc1ccc(O)c(O)c1O.Oc1ccc(C=NCC(=S)Cc2ccccc2)c(O)c1O. The molecule has 0 amide bonds. The van der Waals surface area contributed by atoms with Gasteiger partial charge in [0.1, 0.15) is 5.78 Å². The first-order chi connectivity index (χ1) is 34.4. The summed E-state index contributed by atoms with van der Waals surface area (Å²) in [7, 11) is 0. The number of para-hydroxylation sites is 1. The Kier molecular flexibility index (Phi) is 29.4. The van der Waals surface area contributed by atoms with Crippen molar-refractivity contribution < 1.29 is 61.0 Å². The highest BCUT2D eigenvalue weighted by Gasteiger charge is 2.12. The van der Waals surface area contributed by atoms with Gasteiger partial charge in [-0.1, -0.05) is 103 Å². The standard InChI is InChI=1S/C17H15N3O3S.C16H15NO3S.C9H11NS.C7H6O4.C3H5ClO.ClH.H2O/c1-11-10-24-17(19-13-5-3-2-4-6-13)20(11)18-9-12-7-8-14(21)16(23)15(12)22;18-14-7-6-12(15(19)16(14)20)9-17-10-13(21)8-11-4-2-1-3-5-11;10-7-9(11)6-8-4-2-1-3-5-8;8-3-4-1-2-5(9)7(11)6(4)10;1-3(5)2-4;;/h2-10,21-23H,1H3;1-7,9,18-20H,8,10H2;1-5H,6-7,10H2;1-3,9-11H;2H2,1H3;1H;1H2/b18-9+,19-17?;;;;;;. The molecule has 13 N–H and O–H groups in total. The van der Waals surface area contributed by atoms with Crippen molar-refractivity contribution in [2.45, 2.75) is 26.7 Å². The second-order valence-corrected chi connectivity index (χ2v) is 17.1. The number of aromatic hydroxyl groups is 9. The molecule has 74 heavy (non-hydrogen) atoms. The number of aryl methyl sites for hydroxylation is 1. The van der Waals surface area contributed by atoms with Crippen LogP contribution in [0.15, 0.2) is 148 Å². The van der Waals surface area contributed by atoms with E-state index in [1.54, 1.807) is 4.68 Å². The van der Waals surface area contributed by atoms with Crippen molar-refractivity contribution in [1.29, 1.82) is 0 Å². The third-order valence-corrected chi connectivity index (χ3v) is 11.1. The maximum Gasteiger partial charge on any atom is 0.211 e. The summed E-state index contributed by atoms with van der Waals surface area (Å²) >= 11 is 16.7. The van der Waals surface area contributed by atoms with Crippen molar-refractivity contribution in [2.75, 3.05) is 19.0 Å². The van der Waals surface area contributed by atoms with Crippen LogP contribution in [0.3, 0.4) is 0 Å². The number of ketones is 1. The van der Waals surface area contributed by atoms with Crippen molar-refractivity contribution in [3.05, 3.63) is 171 Å². The van der Waals surface area contributed by atoms with Crippen molar-refractivity contribution in [1.82, 2.24) is 4.68 Å². The fourth-order valence-corrected chi connectivity index (χ4v) is 6.65. The lowest BCUT2D eigenvalue weighted by Gasteiger charge is -2.04. The van der Waals surface area contributed by atoms with E-state index in [1.807, 2.05) is 91.2 Å². The highest BCUT2D eigenvalue weighted by molar-refractivity contribution is 7.80. The summed E-state index contributed by atoms with van der Waals surface area (Å²) in [4.78, 5) is 30.9. The highest BCUT2D eigenvalue weighted by atomic mass is 35.5. The monoisotopic (exact) mass is 1110 g/mol. The Morgan fingerprint density at radius 1 is 0.635 bits per heavy atom. The van der Waals surface area contributed by atoms with E-state index in [0.717, 1.165) is 39.2 Å². The molecular weight excluding hydrogens is 1050 g/mol. The lowest BCUT2D eigenvalue weighted by atomic mass is 10.1. The van der Waals surface area contributed by atoms with Crippen molar-refractivity contribution >= 4 is 99.7 Å². The van der Waals surface area contributed by atoms with Crippen LogP contribution in [0.1, 0.15) is 45.2 Å². The average molecular weight is 1110 g/mol. The second-order valence-electron chi connectivity index (χ2n) is 14.8. The highest BCUT2D eigenvalue weighted by Crippen LogP contribution is 2.38. The van der Waals surface area contributed by atoms with Gasteiger partial charge in [0.25, 0.3) is 0 Å². The van der Waals surface area contributed by atoms with Gasteiger partial charge in [0.15, 0.2) is 40.8 Å². The number of carbonyl (C=O) groups is 2. The molecule has 17 nitrogen and oxygen atoms in total. The number of nitrogens with two attached hydrogens (primary N) is 1. The summed E-state index contributed by atoms with van der Waals surface area (Å²) in [5.74, 6) is -4.25. The first-order valence-electron chi connectivity index (χ1n) is 21.2. The van der Waals surface area contributed by atoms with E-state index in [2.05, 4.69) is 27.2 Å². The molecule has 0 saturated heterocycles. The molecular formula is C52H55Cl2N5O12S3. The van der Waals surface area contributed by atoms with Crippen LogP contribution >= 0.6 is 59.8 Å². The molecule has 7 aromatic rings. The number of aldehydes is 1. The molecule has 0 saturated carbocycles. The minimum atomic E-state index is -0.672. The molecule has 22 heteroatoms. The number of aliphatic imine (C=N–C) groups is 1. The number of hydrogen-bond acceptors (Lipinski definition) is 18. The number of hydrogen-bond donors (Lipinski definition) is 10. The lowest BCUT2D eigenvalue weighted by Crippen LogP contribution is -2.13. The molecule has 1 heterocycles. The number of thiazole rings is 1. The van der Waals surface area contributed by atoms with Gasteiger partial charge in [0, 0.05) is 51.8 Å². The fraction of sp³-hybridized carbons (Fsp3) is 0.135. The van der Waals surface area contributed by atoms with E-state index < -0.39 is 40.2 Å². The minimum Gasteiger partial charge on any atom is -0.504 e. The van der Waals surface area contributed by atoms with Crippen LogP contribution in [0, 0.1) is 6.92 Å². The van der Waals surface area contributed by atoms with Gasteiger partial charge in [-0.3, -0.25) is 14.6 Å². The molecule has 0 aliphatic rings. The Morgan fingerprint density at radius 3 is 1.47 bits per heavy atom. The fourth-order valence-electron chi connectivity index (χ4n) is 5.41. The Bertz CT molecular complexity index is 3030. The van der Waals surface area contributed by atoms with Crippen LogP contribution in [0.5, 0.6) is 51.7 Å². The molecule has 0 unspecified atom stereocenters. The van der Waals surface area contributed by atoms with Crippen LogP contribution in [0.4, 0.5) is 5.69 Å². The number of rotatable bonds is 13. The van der Waals surface area contributed by atoms with Crippen molar-refractivity contribution in [2.24, 2.45) is 20.8 Å². The van der Waals surface area contributed by atoms with Crippen LogP contribution in [0.2, 0.25) is 0 Å². The minimum absolute atomic E-state index is 0. The molecule has 0 aliphatic heterocycles.